The number of pyridine rings is 1. The Hall–Kier alpha value is -2.93. The summed E-state index contributed by atoms with van der Waals surface area (Å²) in [4.78, 5) is 19.5. The van der Waals surface area contributed by atoms with Crippen LogP contribution in [0.5, 0.6) is 0 Å². The molecule has 0 atom stereocenters. The molecule has 3 aromatic rings. The van der Waals surface area contributed by atoms with Crippen molar-refractivity contribution in [3.8, 4) is 11.1 Å². The lowest BCUT2D eigenvalue weighted by Crippen LogP contribution is -2.50. The number of nitrogens with zero attached hydrogens (tertiary/aromatic N) is 3. The fourth-order valence-corrected chi connectivity index (χ4v) is 3.93. The standard InChI is InChI=1S/C22H28N6O/c1-22(2,3)28-8-6-17(7-9-28)25-21(29)20-18-11-14(4-5-19(18)26-27-20)15-10-16(23)13-24-12-15/h4-5,10-13,17H,6-9,23H2,1-3H3,(H,25,29)(H,26,27). The van der Waals surface area contributed by atoms with E-state index in [0.717, 1.165) is 48.0 Å². The van der Waals surface area contributed by atoms with Crippen LogP contribution >= 0.6 is 0 Å². The van der Waals surface area contributed by atoms with Gasteiger partial charge in [0.15, 0.2) is 5.69 Å². The number of nitrogens with two attached hydrogens (primary N) is 1. The molecule has 0 aliphatic carbocycles. The lowest BCUT2D eigenvalue weighted by atomic mass is 9.98. The van der Waals surface area contributed by atoms with Gasteiger partial charge in [0.25, 0.3) is 5.91 Å². The SMILES string of the molecule is CC(C)(C)N1CCC(NC(=O)c2n[nH]c3ccc(-c4cncc(N)c4)cc23)CC1. The van der Waals surface area contributed by atoms with Crippen molar-refractivity contribution in [2.75, 3.05) is 18.8 Å². The van der Waals surface area contributed by atoms with E-state index in [0.29, 0.717) is 11.4 Å². The zero-order chi connectivity index (χ0) is 20.6. The van der Waals surface area contributed by atoms with Crippen LogP contribution < -0.4 is 11.1 Å². The monoisotopic (exact) mass is 392 g/mol. The molecular formula is C22H28N6O. The molecule has 1 aliphatic heterocycles. The fourth-order valence-electron chi connectivity index (χ4n) is 3.93. The van der Waals surface area contributed by atoms with Crippen LogP contribution in [-0.2, 0) is 0 Å². The van der Waals surface area contributed by atoms with E-state index >= 15 is 0 Å². The number of carbonyl (C=O) groups excluding carboxylic acids is 1. The molecule has 1 fully saturated rings. The zero-order valence-electron chi connectivity index (χ0n) is 17.2. The summed E-state index contributed by atoms with van der Waals surface area (Å²) in [7, 11) is 0. The molecule has 1 amide bonds. The third-order valence-corrected chi connectivity index (χ3v) is 5.65. The first-order valence-electron chi connectivity index (χ1n) is 10.1. The second-order valence-electron chi connectivity index (χ2n) is 8.75. The number of amides is 1. The highest BCUT2D eigenvalue weighted by Crippen LogP contribution is 2.26. The first-order chi connectivity index (χ1) is 13.8. The average Bonchev–Trinajstić information content (AvgIpc) is 3.11. The smallest absolute Gasteiger partial charge is 0.272 e. The van der Waals surface area contributed by atoms with Crippen LogP contribution in [0, 0.1) is 0 Å². The van der Waals surface area contributed by atoms with Crippen molar-refractivity contribution in [3.05, 3.63) is 42.4 Å². The Bertz CT molecular complexity index is 1030. The van der Waals surface area contributed by atoms with Gasteiger partial charge < -0.3 is 11.1 Å². The number of hydrogen-bond acceptors (Lipinski definition) is 5. The van der Waals surface area contributed by atoms with E-state index in [1.807, 2.05) is 24.3 Å². The molecular weight excluding hydrogens is 364 g/mol. The Morgan fingerprint density at radius 2 is 1.93 bits per heavy atom. The second kappa shape index (κ2) is 7.48. The van der Waals surface area contributed by atoms with Gasteiger partial charge in [-0.05, 0) is 57.4 Å². The van der Waals surface area contributed by atoms with Gasteiger partial charge in [-0.1, -0.05) is 6.07 Å². The number of rotatable bonds is 3. The third-order valence-electron chi connectivity index (χ3n) is 5.65. The van der Waals surface area contributed by atoms with Crippen LogP contribution in [0.2, 0.25) is 0 Å². The van der Waals surface area contributed by atoms with Gasteiger partial charge in [0.2, 0.25) is 0 Å². The Labute approximate surface area is 170 Å². The number of likely N-dealkylation sites (tertiary alicyclic amines) is 1. The molecule has 1 aromatic carbocycles. The van der Waals surface area contributed by atoms with Gasteiger partial charge in [-0.15, -0.1) is 0 Å². The molecule has 29 heavy (non-hydrogen) atoms. The maximum Gasteiger partial charge on any atom is 0.272 e. The molecule has 7 heteroatoms. The van der Waals surface area contributed by atoms with E-state index in [1.54, 1.807) is 12.4 Å². The van der Waals surface area contributed by atoms with Crippen molar-refractivity contribution in [1.82, 2.24) is 25.4 Å². The fraction of sp³-hybridized carbons (Fsp3) is 0.409. The van der Waals surface area contributed by atoms with Gasteiger partial charge in [0.1, 0.15) is 0 Å². The van der Waals surface area contributed by atoms with Crippen molar-refractivity contribution < 1.29 is 4.79 Å². The molecule has 4 rings (SSSR count). The maximum atomic E-state index is 12.9. The number of nitrogens with one attached hydrogen (secondary N) is 2. The number of benzene rings is 1. The molecule has 0 bridgehead atoms. The number of anilines is 1. The van der Waals surface area contributed by atoms with Gasteiger partial charge in [0.05, 0.1) is 11.2 Å². The lowest BCUT2D eigenvalue weighted by Gasteiger charge is -2.40. The minimum Gasteiger partial charge on any atom is -0.397 e. The van der Waals surface area contributed by atoms with Gasteiger partial charge in [-0.2, -0.15) is 5.10 Å². The van der Waals surface area contributed by atoms with Crippen LogP contribution in [0.3, 0.4) is 0 Å². The molecule has 4 N–H and O–H groups in total. The first-order valence-corrected chi connectivity index (χ1v) is 10.1. The van der Waals surface area contributed by atoms with Crippen LogP contribution in [0.25, 0.3) is 22.0 Å². The zero-order valence-corrected chi connectivity index (χ0v) is 17.2. The van der Waals surface area contributed by atoms with Crippen LogP contribution in [0.1, 0.15) is 44.1 Å². The predicted molar refractivity (Wildman–Crippen MR) is 116 cm³/mol. The van der Waals surface area contributed by atoms with Gasteiger partial charge in [-0.25, -0.2) is 0 Å². The number of aromatic amines is 1. The maximum absolute atomic E-state index is 12.9. The molecule has 7 nitrogen and oxygen atoms in total. The Kier molecular flexibility index (Phi) is 5.00. The normalized spacial score (nSPS) is 16.2. The number of H-pyrrole nitrogens is 1. The van der Waals surface area contributed by atoms with Crippen LogP contribution in [-0.4, -0.2) is 50.7 Å². The summed E-state index contributed by atoms with van der Waals surface area (Å²) in [5.74, 6) is -0.131. The number of aromatic nitrogens is 3. The van der Waals surface area contributed by atoms with E-state index in [4.69, 9.17) is 5.73 Å². The summed E-state index contributed by atoms with van der Waals surface area (Å²) in [5, 5.41) is 11.2. The number of fused-ring (bicyclic) bond motifs is 1. The van der Waals surface area contributed by atoms with Crippen LogP contribution in [0.4, 0.5) is 5.69 Å². The Morgan fingerprint density at radius 1 is 1.17 bits per heavy atom. The summed E-state index contributed by atoms with van der Waals surface area (Å²) in [6.07, 6.45) is 5.28. The van der Waals surface area contributed by atoms with Crippen molar-refractivity contribution in [1.29, 1.82) is 0 Å². The molecule has 1 saturated heterocycles. The lowest BCUT2D eigenvalue weighted by molar-refractivity contribution is 0.0810. The highest BCUT2D eigenvalue weighted by atomic mass is 16.2. The van der Waals surface area contributed by atoms with E-state index < -0.39 is 0 Å². The quantitative estimate of drug-likeness (QED) is 0.636. The summed E-state index contributed by atoms with van der Waals surface area (Å²) in [5.41, 5.74) is 9.75. The molecule has 152 valence electrons. The molecule has 2 aromatic heterocycles. The predicted octanol–water partition coefficient (Wildman–Crippen LogP) is 3.20. The minimum atomic E-state index is -0.131. The van der Waals surface area contributed by atoms with E-state index in [9.17, 15) is 4.79 Å². The summed E-state index contributed by atoms with van der Waals surface area (Å²) >= 11 is 0. The molecule has 0 unspecified atom stereocenters. The highest BCUT2D eigenvalue weighted by Gasteiger charge is 2.28. The van der Waals surface area contributed by atoms with E-state index in [-0.39, 0.29) is 17.5 Å². The first kappa shape index (κ1) is 19.4. The second-order valence-corrected chi connectivity index (χ2v) is 8.75. The van der Waals surface area contributed by atoms with E-state index in [2.05, 4.69) is 46.2 Å². The molecule has 0 saturated carbocycles. The number of piperidine rings is 1. The summed E-state index contributed by atoms with van der Waals surface area (Å²) in [6.45, 7) is 8.67. The third kappa shape index (κ3) is 4.10. The minimum absolute atomic E-state index is 0.131. The van der Waals surface area contributed by atoms with Crippen molar-refractivity contribution in [3.63, 3.8) is 0 Å². The summed E-state index contributed by atoms with van der Waals surface area (Å²) < 4.78 is 0. The Balaban J connectivity index is 1.52. The summed E-state index contributed by atoms with van der Waals surface area (Å²) in [6, 6.07) is 7.91. The molecule has 0 spiro atoms. The van der Waals surface area contributed by atoms with Gasteiger partial charge in [0, 0.05) is 48.0 Å². The highest BCUT2D eigenvalue weighted by molar-refractivity contribution is 6.05. The molecule has 1 aliphatic rings. The number of carbonyl (C=O) groups is 1. The molecule has 3 heterocycles. The van der Waals surface area contributed by atoms with Crippen molar-refractivity contribution in [2.45, 2.75) is 45.2 Å². The van der Waals surface area contributed by atoms with Crippen molar-refractivity contribution >= 4 is 22.5 Å². The molecule has 0 radical (unpaired) electrons. The Morgan fingerprint density at radius 3 is 2.62 bits per heavy atom. The van der Waals surface area contributed by atoms with Gasteiger partial charge in [-0.3, -0.25) is 19.8 Å². The van der Waals surface area contributed by atoms with E-state index in [1.165, 1.54) is 0 Å². The van der Waals surface area contributed by atoms with Crippen LogP contribution in [0.15, 0.2) is 36.7 Å². The van der Waals surface area contributed by atoms with Gasteiger partial charge >= 0.3 is 0 Å². The average molecular weight is 393 g/mol. The number of nitrogen functional groups attached to an aromatic ring is 1. The topological polar surface area (TPSA) is 99.9 Å². The van der Waals surface area contributed by atoms with Crippen molar-refractivity contribution in [2.24, 2.45) is 0 Å². The number of hydrogen-bond donors (Lipinski definition) is 3. The largest absolute Gasteiger partial charge is 0.397 e.